The summed E-state index contributed by atoms with van der Waals surface area (Å²) < 4.78 is 0. The Labute approximate surface area is 85.8 Å². The van der Waals surface area contributed by atoms with Crippen molar-refractivity contribution >= 4 is 0 Å². The largest absolute Gasteiger partial charge is 0.392 e. The topological polar surface area (TPSA) is 46.2 Å². The van der Waals surface area contributed by atoms with Crippen LogP contribution in [-0.2, 0) is 12.8 Å². The number of benzene rings is 1. The van der Waals surface area contributed by atoms with Gasteiger partial charge in [0, 0.05) is 6.54 Å². The van der Waals surface area contributed by atoms with Gasteiger partial charge in [0.1, 0.15) is 0 Å². The molecule has 0 heterocycles. The average Bonchev–Trinajstić information content (AvgIpc) is 2.26. The van der Waals surface area contributed by atoms with Crippen LogP contribution in [0.4, 0.5) is 0 Å². The number of aliphatic hydroxyl groups is 1. The normalized spacial score (nSPS) is 12.8. The van der Waals surface area contributed by atoms with Crippen LogP contribution in [0.1, 0.15) is 24.5 Å². The van der Waals surface area contributed by atoms with Crippen LogP contribution < -0.4 is 5.73 Å². The Balaban J connectivity index is 2.43. The summed E-state index contributed by atoms with van der Waals surface area (Å²) in [5, 5.41) is 9.30. The van der Waals surface area contributed by atoms with Crippen LogP contribution >= 0.6 is 0 Å². The van der Waals surface area contributed by atoms with Crippen molar-refractivity contribution in [1.29, 1.82) is 0 Å². The van der Waals surface area contributed by atoms with Gasteiger partial charge in [0.05, 0.1) is 6.10 Å². The first-order valence-corrected chi connectivity index (χ1v) is 5.22. The summed E-state index contributed by atoms with van der Waals surface area (Å²) in [4.78, 5) is 0. The van der Waals surface area contributed by atoms with Crippen LogP contribution in [-0.4, -0.2) is 17.8 Å². The highest BCUT2D eigenvalue weighted by atomic mass is 16.3. The predicted octanol–water partition coefficient (Wildman–Crippen LogP) is 1.50. The average molecular weight is 193 g/mol. The van der Waals surface area contributed by atoms with Crippen LogP contribution in [0.5, 0.6) is 0 Å². The first kappa shape index (κ1) is 11.2. The molecule has 1 aromatic rings. The molecular formula is C12H19NO. The molecule has 0 aliphatic heterocycles. The Bertz CT molecular complexity index is 256. The second kappa shape index (κ2) is 5.78. The van der Waals surface area contributed by atoms with Crippen molar-refractivity contribution in [2.75, 3.05) is 6.54 Å². The molecule has 0 spiro atoms. The van der Waals surface area contributed by atoms with Crippen molar-refractivity contribution in [3.05, 3.63) is 35.4 Å². The van der Waals surface area contributed by atoms with Crippen LogP contribution in [0.15, 0.2) is 24.3 Å². The molecule has 0 aromatic heterocycles. The molecule has 0 saturated carbocycles. The van der Waals surface area contributed by atoms with E-state index in [9.17, 15) is 5.11 Å². The van der Waals surface area contributed by atoms with Crippen molar-refractivity contribution in [1.82, 2.24) is 0 Å². The summed E-state index contributed by atoms with van der Waals surface area (Å²) in [7, 11) is 0. The van der Waals surface area contributed by atoms with E-state index in [0.717, 1.165) is 19.3 Å². The summed E-state index contributed by atoms with van der Waals surface area (Å²) in [6.07, 6.45) is 2.37. The van der Waals surface area contributed by atoms with Gasteiger partial charge in [-0.05, 0) is 30.4 Å². The van der Waals surface area contributed by atoms with E-state index in [-0.39, 0.29) is 6.10 Å². The van der Waals surface area contributed by atoms with Crippen LogP contribution in [0, 0.1) is 0 Å². The number of nitrogens with two attached hydrogens (primary N) is 1. The lowest BCUT2D eigenvalue weighted by Gasteiger charge is -2.07. The van der Waals surface area contributed by atoms with E-state index in [4.69, 9.17) is 5.73 Å². The van der Waals surface area contributed by atoms with Gasteiger partial charge < -0.3 is 10.8 Å². The highest BCUT2D eigenvalue weighted by Crippen LogP contribution is 2.08. The van der Waals surface area contributed by atoms with E-state index in [1.807, 2.05) is 0 Å². The molecule has 1 unspecified atom stereocenters. The molecule has 1 aromatic carbocycles. The number of hydrogen-bond donors (Lipinski definition) is 2. The highest BCUT2D eigenvalue weighted by Gasteiger charge is 2.01. The fourth-order valence-corrected chi connectivity index (χ4v) is 1.39. The van der Waals surface area contributed by atoms with E-state index in [1.165, 1.54) is 11.1 Å². The van der Waals surface area contributed by atoms with Gasteiger partial charge in [0.15, 0.2) is 0 Å². The maximum Gasteiger partial charge on any atom is 0.0665 e. The Morgan fingerprint density at radius 2 is 1.79 bits per heavy atom. The quantitative estimate of drug-likeness (QED) is 0.744. The molecule has 2 nitrogen and oxygen atoms in total. The van der Waals surface area contributed by atoms with Crippen molar-refractivity contribution in [2.45, 2.75) is 32.3 Å². The lowest BCUT2D eigenvalue weighted by atomic mass is 10.0. The fraction of sp³-hybridized carbons (Fsp3) is 0.500. The summed E-state index contributed by atoms with van der Waals surface area (Å²) in [6.45, 7) is 2.50. The van der Waals surface area contributed by atoms with Crippen molar-refractivity contribution in [2.24, 2.45) is 5.73 Å². The molecule has 0 fully saturated rings. The van der Waals surface area contributed by atoms with Gasteiger partial charge >= 0.3 is 0 Å². The molecule has 0 bridgehead atoms. The molecule has 0 aliphatic rings. The van der Waals surface area contributed by atoms with Gasteiger partial charge in [-0.1, -0.05) is 31.2 Å². The monoisotopic (exact) mass is 193 g/mol. The predicted molar refractivity (Wildman–Crippen MR) is 59.2 cm³/mol. The molecule has 14 heavy (non-hydrogen) atoms. The van der Waals surface area contributed by atoms with Crippen LogP contribution in [0.3, 0.4) is 0 Å². The zero-order valence-corrected chi connectivity index (χ0v) is 8.74. The number of aliphatic hydroxyl groups excluding tert-OH is 1. The minimum absolute atomic E-state index is 0.354. The zero-order valence-electron chi connectivity index (χ0n) is 8.74. The lowest BCUT2D eigenvalue weighted by molar-refractivity contribution is 0.173. The second-order valence-electron chi connectivity index (χ2n) is 3.60. The Kier molecular flexibility index (Phi) is 4.63. The third-order valence-electron chi connectivity index (χ3n) is 2.47. The molecule has 1 rings (SSSR count). The van der Waals surface area contributed by atoms with Gasteiger partial charge in [-0.25, -0.2) is 0 Å². The summed E-state index contributed by atoms with van der Waals surface area (Å²) in [5.74, 6) is 0. The third-order valence-corrected chi connectivity index (χ3v) is 2.47. The summed E-state index contributed by atoms with van der Waals surface area (Å²) in [6, 6.07) is 8.54. The van der Waals surface area contributed by atoms with Crippen LogP contribution in [0.2, 0.25) is 0 Å². The van der Waals surface area contributed by atoms with Crippen molar-refractivity contribution in [3.8, 4) is 0 Å². The van der Waals surface area contributed by atoms with Crippen LogP contribution in [0.25, 0.3) is 0 Å². The fourth-order valence-electron chi connectivity index (χ4n) is 1.39. The first-order chi connectivity index (χ1) is 6.76. The van der Waals surface area contributed by atoms with Crippen molar-refractivity contribution in [3.63, 3.8) is 0 Å². The lowest BCUT2D eigenvalue weighted by Crippen LogP contribution is -2.20. The van der Waals surface area contributed by atoms with Crippen molar-refractivity contribution < 1.29 is 5.11 Å². The minimum atomic E-state index is -0.360. The molecule has 3 N–H and O–H groups in total. The van der Waals surface area contributed by atoms with E-state index in [0.29, 0.717) is 6.54 Å². The molecule has 2 heteroatoms. The molecule has 0 amide bonds. The van der Waals surface area contributed by atoms with E-state index in [2.05, 4.69) is 31.2 Å². The smallest absolute Gasteiger partial charge is 0.0665 e. The minimum Gasteiger partial charge on any atom is -0.392 e. The van der Waals surface area contributed by atoms with Gasteiger partial charge in [0.25, 0.3) is 0 Å². The van der Waals surface area contributed by atoms with Gasteiger partial charge in [-0.15, -0.1) is 0 Å². The number of rotatable bonds is 5. The summed E-state index contributed by atoms with van der Waals surface area (Å²) >= 11 is 0. The molecule has 0 radical (unpaired) electrons. The Morgan fingerprint density at radius 3 is 2.29 bits per heavy atom. The first-order valence-electron chi connectivity index (χ1n) is 5.22. The zero-order chi connectivity index (χ0) is 10.4. The maximum atomic E-state index is 9.30. The number of hydrogen-bond acceptors (Lipinski definition) is 2. The molecule has 0 aliphatic carbocycles. The highest BCUT2D eigenvalue weighted by molar-refractivity contribution is 5.22. The Hall–Kier alpha value is -0.860. The number of aryl methyl sites for hydroxylation is 2. The SMILES string of the molecule is CCc1ccc(CCC(O)CN)cc1. The van der Waals surface area contributed by atoms with Gasteiger partial charge in [0.2, 0.25) is 0 Å². The molecular weight excluding hydrogens is 174 g/mol. The summed E-state index contributed by atoms with van der Waals surface area (Å²) in [5.41, 5.74) is 7.96. The second-order valence-corrected chi connectivity index (χ2v) is 3.60. The molecule has 0 saturated heterocycles. The maximum absolute atomic E-state index is 9.30. The van der Waals surface area contributed by atoms with E-state index < -0.39 is 0 Å². The van der Waals surface area contributed by atoms with E-state index >= 15 is 0 Å². The Morgan fingerprint density at radius 1 is 1.21 bits per heavy atom. The standard InChI is InChI=1S/C12H19NO/c1-2-10-3-5-11(6-4-10)7-8-12(14)9-13/h3-6,12,14H,2,7-9,13H2,1H3. The molecule has 78 valence electrons. The molecule has 1 atom stereocenters. The van der Waals surface area contributed by atoms with E-state index in [1.54, 1.807) is 0 Å². The van der Waals surface area contributed by atoms with Gasteiger partial charge in [-0.2, -0.15) is 0 Å². The van der Waals surface area contributed by atoms with Gasteiger partial charge in [-0.3, -0.25) is 0 Å². The third kappa shape index (κ3) is 3.48.